The Labute approximate surface area is 173 Å². The van der Waals surface area contributed by atoms with Crippen LogP contribution in [0.4, 0.5) is 5.69 Å². The molecular weight excluding hydrogens is 356 g/mol. The maximum atomic E-state index is 11.3. The van der Waals surface area contributed by atoms with Crippen LogP contribution >= 0.6 is 0 Å². The fraction of sp³-hybridized carbons (Fsp3) is 0.400. The number of hydrogen-bond donors (Lipinski definition) is 2. The van der Waals surface area contributed by atoms with Crippen LogP contribution in [0.5, 0.6) is 0 Å². The van der Waals surface area contributed by atoms with E-state index < -0.39 is 30.0 Å². The molecule has 1 saturated heterocycles. The van der Waals surface area contributed by atoms with E-state index in [4.69, 9.17) is 9.29 Å². The Bertz CT molecular complexity index is 715. The van der Waals surface area contributed by atoms with E-state index in [0.717, 1.165) is 18.2 Å². The second-order valence-corrected chi connectivity index (χ2v) is 6.99. The summed E-state index contributed by atoms with van der Waals surface area (Å²) in [6, 6.07) is 2.88. The molecule has 1 aromatic carbocycles. The first-order chi connectivity index (χ1) is 9.19. The third-order valence-corrected chi connectivity index (χ3v) is 4.61. The van der Waals surface area contributed by atoms with Crippen molar-refractivity contribution < 1.29 is 30.7 Å². The molecule has 22 heavy (non-hydrogen) atoms. The van der Waals surface area contributed by atoms with Gasteiger partial charge in [-0.15, -0.1) is 0 Å². The maximum absolute atomic E-state index is 11.3. The van der Waals surface area contributed by atoms with Crippen LogP contribution in [0.2, 0.25) is 0 Å². The summed E-state index contributed by atoms with van der Waals surface area (Å²) in [6.45, 7) is 1.39. The van der Waals surface area contributed by atoms with Gasteiger partial charge in [-0.1, -0.05) is 0 Å². The molecule has 116 valence electrons. The number of anilines is 1. The minimum atomic E-state index is -4.50. The molecule has 0 aromatic heterocycles. The average Bonchev–Trinajstić information content (AvgIpc) is 2.37. The summed E-state index contributed by atoms with van der Waals surface area (Å²) in [7, 11) is -8.96. The standard InChI is InChI=1S/C10H13NO7S2.2Na.2H/c12-19(13,14)8-1-2-10(20(15,16)17)9(7-8)11-3-5-18-6-4-11;;;;/h1-2,7H,3-6H2,(H,12,13,14)(H,15,16,17);;;;. The van der Waals surface area contributed by atoms with E-state index in [1.807, 2.05) is 0 Å². The van der Waals surface area contributed by atoms with Crippen molar-refractivity contribution in [2.45, 2.75) is 9.79 Å². The zero-order valence-corrected chi connectivity index (χ0v) is 11.9. The molecule has 12 heteroatoms. The predicted octanol–water partition coefficient (Wildman–Crippen LogP) is -1.28. The normalized spacial score (nSPS) is 15.6. The summed E-state index contributed by atoms with van der Waals surface area (Å²) >= 11 is 0. The van der Waals surface area contributed by atoms with Gasteiger partial charge in [-0.3, -0.25) is 9.11 Å². The van der Waals surface area contributed by atoms with Crippen molar-refractivity contribution in [3.63, 3.8) is 0 Å². The number of ether oxygens (including phenoxy) is 1. The van der Waals surface area contributed by atoms with Crippen molar-refractivity contribution in [1.29, 1.82) is 0 Å². The van der Waals surface area contributed by atoms with Gasteiger partial charge in [-0.2, -0.15) is 16.8 Å². The van der Waals surface area contributed by atoms with Crippen molar-refractivity contribution in [3.05, 3.63) is 18.2 Å². The van der Waals surface area contributed by atoms with Gasteiger partial charge in [0, 0.05) is 13.1 Å². The van der Waals surface area contributed by atoms with Crippen molar-refractivity contribution >= 4 is 85.0 Å². The fourth-order valence-corrected chi connectivity index (χ4v) is 3.12. The molecule has 1 fully saturated rings. The Hall–Kier alpha value is 0.800. The molecule has 0 atom stereocenters. The first-order valence-corrected chi connectivity index (χ1v) is 8.49. The molecule has 0 amide bonds. The summed E-state index contributed by atoms with van der Waals surface area (Å²) in [4.78, 5) is 0.722. The van der Waals surface area contributed by atoms with Crippen LogP contribution in [0.15, 0.2) is 28.0 Å². The number of hydrogen-bond acceptors (Lipinski definition) is 6. The summed E-state index contributed by atoms with van der Waals surface area (Å²) in [5.41, 5.74) is 0.0194. The Morgan fingerprint density at radius 3 is 1.95 bits per heavy atom. The molecule has 0 saturated carbocycles. The van der Waals surface area contributed by atoms with E-state index >= 15 is 0 Å². The Balaban J connectivity index is 0.00000220. The topological polar surface area (TPSA) is 121 Å². The van der Waals surface area contributed by atoms with E-state index in [9.17, 15) is 21.4 Å². The van der Waals surface area contributed by atoms with Crippen molar-refractivity contribution in [1.82, 2.24) is 0 Å². The van der Waals surface area contributed by atoms with E-state index in [1.54, 1.807) is 4.90 Å². The van der Waals surface area contributed by atoms with Gasteiger partial charge in [0.2, 0.25) is 0 Å². The number of benzene rings is 1. The third-order valence-electron chi connectivity index (χ3n) is 2.86. The monoisotopic (exact) mass is 371 g/mol. The summed E-state index contributed by atoms with van der Waals surface area (Å²) in [5.74, 6) is 0. The molecule has 0 spiro atoms. The van der Waals surface area contributed by atoms with Crippen LogP contribution in [0.1, 0.15) is 0 Å². The second-order valence-electron chi connectivity index (χ2n) is 4.18. The van der Waals surface area contributed by atoms with Gasteiger partial charge in [-0.05, 0) is 18.2 Å². The fourth-order valence-electron chi connectivity index (χ4n) is 1.93. The number of rotatable bonds is 3. The SMILES string of the molecule is O=S(=O)(O)c1ccc(S(=O)(=O)O)c(N2CCOCC2)c1.[NaH].[NaH]. The number of morpholine rings is 1. The third kappa shape index (κ3) is 5.71. The van der Waals surface area contributed by atoms with E-state index in [-0.39, 0.29) is 64.8 Å². The van der Waals surface area contributed by atoms with Crippen molar-refractivity contribution in [3.8, 4) is 0 Å². The van der Waals surface area contributed by atoms with Crippen molar-refractivity contribution in [2.75, 3.05) is 31.2 Å². The second kappa shape index (κ2) is 8.77. The van der Waals surface area contributed by atoms with Gasteiger partial charge in [0.05, 0.1) is 23.8 Å². The van der Waals surface area contributed by atoms with Crippen LogP contribution in [0.25, 0.3) is 0 Å². The van der Waals surface area contributed by atoms with Crippen LogP contribution in [-0.2, 0) is 25.0 Å². The van der Waals surface area contributed by atoms with E-state index in [1.165, 1.54) is 0 Å². The average molecular weight is 371 g/mol. The zero-order chi connectivity index (χ0) is 15.0. The zero-order valence-electron chi connectivity index (χ0n) is 10.3. The molecule has 0 unspecified atom stereocenters. The summed E-state index contributed by atoms with van der Waals surface area (Å²) in [5, 5.41) is 0. The first kappa shape index (κ1) is 22.8. The van der Waals surface area contributed by atoms with Crippen LogP contribution in [0.3, 0.4) is 0 Å². The van der Waals surface area contributed by atoms with Gasteiger partial charge < -0.3 is 9.64 Å². The Morgan fingerprint density at radius 1 is 0.955 bits per heavy atom. The van der Waals surface area contributed by atoms with Gasteiger partial charge >= 0.3 is 59.1 Å². The van der Waals surface area contributed by atoms with Gasteiger partial charge in [0.1, 0.15) is 4.90 Å². The molecule has 2 rings (SSSR count). The summed E-state index contributed by atoms with van der Waals surface area (Å²) in [6.07, 6.45) is 0. The number of nitrogens with zero attached hydrogens (tertiary/aromatic N) is 1. The molecule has 8 nitrogen and oxygen atoms in total. The first-order valence-electron chi connectivity index (χ1n) is 5.61. The van der Waals surface area contributed by atoms with Crippen LogP contribution in [-0.4, -0.2) is 111 Å². The van der Waals surface area contributed by atoms with Crippen LogP contribution in [0, 0.1) is 0 Å². The van der Waals surface area contributed by atoms with Crippen molar-refractivity contribution in [2.24, 2.45) is 0 Å². The molecular formula is C10H15NNa2O7S2. The minimum absolute atomic E-state index is 0. The quantitative estimate of drug-likeness (QED) is 0.498. The van der Waals surface area contributed by atoms with Gasteiger partial charge in [-0.25, -0.2) is 0 Å². The molecule has 0 aliphatic carbocycles. The Morgan fingerprint density at radius 2 is 1.50 bits per heavy atom. The molecule has 1 aromatic rings. The molecule has 1 aliphatic heterocycles. The van der Waals surface area contributed by atoms with E-state index in [0.29, 0.717) is 26.3 Å². The summed E-state index contributed by atoms with van der Waals surface area (Å²) < 4.78 is 68.3. The predicted molar refractivity (Wildman–Crippen MR) is 83.4 cm³/mol. The molecule has 0 bridgehead atoms. The molecule has 2 N–H and O–H groups in total. The van der Waals surface area contributed by atoms with E-state index in [2.05, 4.69) is 0 Å². The molecule has 1 heterocycles. The molecule has 1 aliphatic rings. The van der Waals surface area contributed by atoms with Gasteiger partial charge in [0.25, 0.3) is 20.2 Å². The van der Waals surface area contributed by atoms with Crippen LogP contribution < -0.4 is 4.90 Å². The Kier molecular flexibility index (Phi) is 9.09. The van der Waals surface area contributed by atoms with Gasteiger partial charge in [0.15, 0.2) is 0 Å². The molecule has 0 radical (unpaired) electrons.